The predicted octanol–water partition coefficient (Wildman–Crippen LogP) is 3.90. The standard InChI is InChI=1S/C22H26N2O/c1-22(2)14-18-11-10-16(15-24(3)4)12-19(18)20(23-22)13-21(25)17-8-6-5-7-9-17/h5-13,23H,14-15H2,1-4H3. The molecule has 130 valence electrons. The molecule has 0 bridgehead atoms. The van der Waals surface area contributed by atoms with Crippen LogP contribution in [0, 0.1) is 0 Å². The highest BCUT2D eigenvalue weighted by molar-refractivity contribution is 6.08. The van der Waals surface area contributed by atoms with Gasteiger partial charge in [-0.25, -0.2) is 0 Å². The fraction of sp³-hybridized carbons (Fsp3) is 0.318. The molecule has 3 nitrogen and oxygen atoms in total. The third kappa shape index (κ3) is 4.18. The van der Waals surface area contributed by atoms with E-state index in [0.29, 0.717) is 5.56 Å². The maximum Gasteiger partial charge on any atom is 0.187 e. The lowest BCUT2D eigenvalue weighted by Gasteiger charge is -2.36. The van der Waals surface area contributed by atoms with Crippen molar-refractivity contribution in [3.8, 4) is 0 Å². The Bertz CT molecular complexity index is 804. The SMILES string of the molecule is CN(C)Cc1ccc2c(c1)C(=CC(=O)c1ccccc1)NC(C)(C)C2. The van der Waals surface area contributed by atoms with Crippen molar-refractivity contribution in [3.63, 3.8) is 0 Å². The molecule has 0 radical (unpaired) electrons. The number of carbonyl (C=O) groups excluding carboxylic acids is 1. The average molecular weight is 334 g/mol. The Morgan fingerprint density at radius 2 is 1.88 bits per heavy atom. The van der Waals surface area contributed by atoms with Crippen LogP contribution in [0.1, 0.15) is 40.9 Å². The molecule has 1 heterocycles. The highest BCUT2D eigenvalue weighted by Gasteiger charge is 2.28. The fourth-order valence-corrected chi connectivity index (χ4v) is 3.37. The molecule has 0 amide bonds. The molecule has 2 aromatic rings. The molecular weight excluding hydrogens is 308 g/mol. The van der Waals surface area contributed by atoms with Crippen LogP contribution in [0.25, 0.3) is 5.70 Å². The van der Waals surface area contributed by atoms with Crippen molar-refractivity contribution in [1.82, 2.24) is 10.2 Å². The number of hydrogen-bond acceptors (Lipinski definition) is 3. The van der Waals surface area contributed by atoms with Crippen LogP contribution >= 0.6 is 0 Å². The quantitative estimate of drug-likeness (QED) is 0.680. The Morgan fingerprint density at radius 1 is 1.16 bits per heavy atom. The third-order valence-electron chi connectivity index (χ3n) is 4.40. The lowest BCUT2D eigenvalue weighted by molar-refractivity contribution is 0.104. The molecule has 1 aliphatic rings. The van der Waals surface area contributed by atoms with E-state index in [1.807, 2.05) is 30.3 Å². The van der Waals surface area contributed by atoms with Gasteiger partial charge in [0.1, 0.15) is 0 Å². The van der Waals surface area contributed by atoms with Crippen LogP contribution < -0.4 is 5.32 Å². The van der Waals surface area contributed by atoms with Crippen LogP contribution in [0.3, 0.4) is 0 Å². The smallest absolute Gasteiger partial charge is 0.187 e. The minimum Gasteiger partial charge on any atom is -0.379 e. The lowest BCUT2D eigenvalue weighted by Crippen LogP contribution is -2.44. The second kappa shape index (κ2) is 6.85. The van der Waals surface area contributed by atoms with E-state index >= 15 is 0 Å². The third-order valence-corrected chi connectivity index (χ3v) is 4.40. The molecule has 0 aromatic heterocycles. The monoisotopic (exact) mass is 334 g/mol. The molecule has 3 rings (SSSR count). The first-order valence-corrected chi connectivity index (χ1v) is 8.70. The summed E-state index contributed by atoms with van der Waals surface area (Å²) in [4.78, 5) is 14.8. The molecule has 0 saturated heterocycles. The van der Waals surface area contributed by atoms with Gasteiger partial charge in [0.2, 0.25) is 0 Å². The van der Waals surface area contributed by atoms with E-state index in [1.165, 1.54) is 11.1 Å². The number of allylic oxidation sites excluding steroid dienone is 1. The highest BCUT2D eigenvalue weighted by Crippen LogP contribution is 2.31. The molecule has 0 spiro atoms. The Hall–Kier alpha value is -2.39. The van der Waals surface area contributed by atoms with Crippen LogP contribution in [0.2, 0.25) is 0 Å². The van der Waals surface area contributed by atoms with E-state index in [-0.39, 0.29) is 11.3 Å². The van der Waals surface area contributed by atoms with Gasteiger partial charge in [-0.2, -0.15) is 0 Å². The van der Waals surface area contributed by atoms with Crippen LogP contribution in [0.15, 0.2) is 54.6 Å². The molecule has 0 fully saturated rings. The van der Waals surface area contributed by atoms with Gasteiger partial charge < -0.3 is 10.2 Å². The number of ketones is 1. The van der Waals surface area contributed by atoms with Gasteiger partial charge in [0.05, 0.1) is 0 Å². The van der Waals surface area contributed by atoms with Crippen molar-refractivity contribution in [2.45, 2.75) is 32.4 Å². The molecule has 0 atom stereocenters. The van der Waals surface area contributed by atoms with E-state index in [4.69, 9.17) is 0 Å². The summed E-state index contributed by atoms with van der Waals surface area (Å²) in [5.41, 5.74) is 5.25. The first-order chi connectivity index (χ1) is 11.8. The summed E-state index contributed by atoms with van der Waals surface area (Å²) in [6, 6.07) is 16.0. The number of carbonyl (C=O) groups is 1. The number of benzene rings is 2. The van der Waals surface area contributed by atoms with E-state index in [9.17, 15) is 4.79 Å². The van der Waals surface area contributed by atoms with Gasteiger partial charge in [-0.05, 0) is 51.6 Å². The van der Waals surface area contributed by atoms with E-state index in [1.54, 1.807) is 6.08 Å². The summed E-state index contributed by atoms with van der Waals surface area (Å²) < 4.78 is 0. The summed E-state index contributed by atoms with van der Waals surface area (Å²) >= 11 is 0. The minimum atomic E-state index is -0.0706. The maximum atomic E-state index is 12.7. The highest BCUT2D eigenvalue weighted by atomic mass is 16.1. The van der Waals surface area contributed by atoms with Gasteiger partial charge in [-0.15, -0.1) is 0 Å². The number of nitrogens with zero attached hydrogens (tertiary/aromatic N) is 1. The first kappa shape index (κ1) is 17.4. The Morgan fingerprint density at radius 3 is 2.56 bits per heavy atom. The molecular formula is C22H26N2O. The van der Waals surface area contributed by atoms with Crippen LogP contribution in [0.5, 0.6) is 0 Å². The normalized spacial score (nSPS) is 17.2. The summed E-state index contributed by atoms with van der Waals surface area (Å²) in [5, 5.41) is 3.56. The largest absolute Gasteiger partial charge is 0.379 e. The average Bonchev–Trinajstić information content (AvgIpc) is 2.55. The molecule has 1 N–H and O–H groups in total. The van der Waals surface area contributed by atoms with Gasteiger partial charge in [0, 0.05) is 35.0 Å². The van der Waals surface area contributed by atoms with Gasteiger partial charge in [-0.3, -0.25) is 4.79 Å². The van der Waals surface area contributed by atoms with E-state index in [0.717, 1.165) is 24.2 Å². The zero-order valence-corrected chi connectivity index (χ0v) is 15.5. The second-order valence-electron chi connectivity index (χ2n) is 7.70. The van der Waals surface area contributed by atoms with Crippen LogP contribution in [-0.2, 0) is 13.0 Å². The fourth-order valence-electron chi connectivity index (χ4n) is 3.37. The summed E-state index contributed by atoms with van der Waals surface area (Å²) in [7, 11) is 4.13. The Balaban J connectivity index is 2.01. The molecule has 0 unspecified atom stereocenters. The zero-order chi connectivity index (χ0) is 18.0. The van der Waals surface area contributed by atoms with Gasteiger partial charge >= 0.3 is 0 Å². The van der Waals surface area contributed by atoms with Crippen molar-refractivity contribution >= 4 is 11.5 Å². The van der Waals surface area contributed by atoms with Crippen LogP contribution in [-0.4, -0.2) is 30.3 Å². The molecule has 2 aromatic carbocycles. The minimum absolute atomic E-state index is 0.0322. The van der Waals surface area contributed by atoms with Crippen molar-refractivity contribution in [3.05, 3.63) is 76.9 Å². The van der Waals surface area contributed by atoms with Crippen molar-refractivity contribution in [2.75, 3.05) is 14.1 Å². The van der Waals surface area contributed by atoms with E-state index in [2.05, 4.69) is 56.4 Å². The lowest BCUT2D eigenvalue weighted by atomic mass is 9.84. The van der Waals surface area contributed by atoms with Crippen molar-refractivity contribution in [2.24, 2.45) is 0 Å². The Kier molecular flexibility index (Phi) is 4.78. The number of fused-ring (bicyclic) bond motifs is 1. The number of rotatable bonds is 4. The predicted molar refractivity (Wildman–Crippen MR) is 104 cm³/mol. The zero-order valence-electron chi connectivity index (χ0n) is 15.5. The summed E-state index contributed by atoms with van der Waals surface area (Å²) in [5.74, 6) is 0.0322. The summed E-state index contributed by atoms with van der Waals surface area (Å²) in [6.45, 7) is 5.23. The first-order valence-electron chi connectivity index (χ1n) is 8.70. The van der Waals surface area contributed by atoms with Crippen molar-refractivity contribution < 1.29 is 4.79 Å². The number of nitrogens with one attached hydrogen (secondary N) is 1. The van der Waals surface area contributed by atoms with Gasteiger partial charge in [0.25, 0.3) is 0 Å². The topological polar surface area (TPSA) is 32.3 Å². The van der Waals surface area contributed by atoms with Crippen LogP contribution in [0.4, 0.5) is 0 Å². The molecule has 3 heteroatoms. The van der Waals surface area contributed by atoms with Gasteiger partial charge in [-0.1, -0.05) is 42.5 Å². The number of hydrogen-bond donors (Lipinski definition) is 1. The molecule has 0 saturated carbocycles. The second-order valence-corrected chi connectivity index (χ2v) is 7.70. The molecule has 25 heavy (non-hydrogen) atoms. The van der Waals surface area contributed by atoms with Crippen molar-refractivity contribution in [1.29, 1.82) is 0 Å². The van der Waals surface area contributed by atoms with E-state index < -0.39 is 0 Å². The summed E-state index contributed by atoms with van der Waals surface area (Å²) in [6.07, 6.45) is 2.69. The Labute approximate surface area is 150 Å². The van der Waals surface area contributed by atoms with Gasteiger partial charge in [0.15, 0.2) is 5.78 Å². The maximum absolute atomic E-state index is 12.7. The molecule has 0 aliphatic carbocycles. The molecule has 1 aliphatic heterocycles.